The molecule has 17 heavy (non-hydrogen) atoms. The van der Waals surface area contributed by atoms with Crippen molar-refractivity contribution in [3.8, 4) is 5.75 Å². The summed E-state index contributed by atoms with van der Waals surface area (Å²) in [5.41, 5.74) is 7.56. The zero-order chi connectivity index (χ0) is 12.7. The second-order valence-corrected chi connectivity index (χ2v) is 3.95. The number of benzene rings is 1. The molecular weight excluding hydrogens is 216 g/mol. The van der Waals surface area contributed by atoms with Crippen LogP contribution in [0.1, 0.15) is 17.5 Å². The minimum absolute atomic E-state index is 0.0395. The second kappa shape index (κ2) is 6.91. The molecule has 0 unspecified atom stereocenters. The van der Waals surface area contributed by atoms with E-state index in [1.807, 2.05) is 19.1 Å². The van der Waals surface area contributed by atoms with E-state index >= 15 is 0 Å². The van der Waals surface area contributed by atoms with Gasteiger partial charge in [-0.05, 0) is 37.5 Å². The van der Waals surface area contributed by atoms with Crippen LogP contribution in [-0.4, -0.2) is 25.6 Å². The Morgan fingerprint density at radius 3 is 2.88 bits per heavy atom. The maximum atomic E-state index is 10.9. The Hall–Kier alpha value is -1.55. The third-order valence-electron chi connectivity index (χ3n) is 2.64. The molecule has 0 radical (unpaired) electrons. The molecule has 94 valence electrons. The highest BCUT2D eigenvalue weighted by atomic mass is 16.5. The highest BCUT2D eigenvalue weighted by Gasteiger charge is 2.01. The number of carbonyl (C=O) groups excluding carboxylic acids is 1. The highest BCUT2D eigenvalue weighted by Crippen LogP contribution is 2.20. The minimum Gasteiger partial charge on any atom is -0.493 e. The van der Waals surface area contributed by atoms with Gasteiger partial charge >= 0.3 is 0 Å². The lowest BCUT2D eigenvalue weighted by molar-refractivity contribution is -0.119. The number of amides is 1. The Kier molecular flexibility index (Phi) is 5.49. The van der Waals surface area contributed by atoms with E-state index in [2.05, 4.69) is 18.3 Å². The summed E-state index contributed by atoms with van der Waals surface area (Å²) in [6, 6.07) is 6.00. The number of hydrogen-bond donors (Lipinski definition) is 2. The second-order valence-electron chi connectivity index (χ2n) is 3.95. The maximum absolute atomic E-state index is 10.9. The first-order valence-electron chi connectivity index (χ1n) is 5.81. The SMILES string of the molecule is Cc1cccc(OCCCNC(=O)CN)c1C. The standard InChI is InChI=1S/C13H20N2O2/c1-10-5-3-6-12(11(10)2)17-8-4-7-15-13(16)9-14/h3,5-6H,4,7-9,14H2,1-2H3,(H,15,16). The lowest BCUT2D eigenvalue weighted by Crippen LogP contribution is -2.31. The van der Waals surface area contributed by atoms with E-state index in [4.69, 9.17) is 10.5 Å². The van der Waals surface area contributed by atoms with E-state index in [9.17, 15) is 4.79 Å². The van der Waals surface area contributed by atoms with Gasteiger partial charge in [-0.2, -0.15) is 0 Å². The Morgan fingerprint density at radius 2 is 2.18 bits per heavy atom. The normalized spacial score (nSPS) is 10.1. The van der Waals surface area contributed by atoms with Crippen LogP contribution in [0.4, 0.5) is 0 Å². The Morgan fingerprint density at radius 1 is 1.41 bits per heavy atom. The van der Waals surface area contributed by atoms with Gasteiger partial charge in [0.25, 0.3) is 0 Å². The molecule has 0 aliphatic rings. The third kappa shape index (κ3) is 4.44. The molecule has 4 heteroatoms. The maximum Gasteiger partial charge on any atom is 0.233 e. The fraction of sp³-hybridized carbons (Fsp3) is 0.462. The summed E-state index contributed by atoms with van der Waals surface area (Å²) >= 11 is 0. The van der Waals surface area contributed by atoms with Crippen molar-refractivity contribution < 1.29 is 9.53 Å². The molecular formula is C13H20N2O2. The number of carbonyl (C=O) groups is 1. The molecule has 0 heterocycles. The summed E-state index contributed by atoms with van der Waals surface area (Å²) < 4.78 is 5.65. The van der Waals surface area contributed by atoms with E-state index in [1.165, 1.54) is 11.1 Å². The molecule has 0 fully saturated rings. The zero-order valence-corrected chi connectivity index (χ0v) is 10.5. The first kappa shape index (κ1) is 13.5. The first-order valence-corrected chi connectivity index (χ1v) is 5.81. The average molecular weight is 236 g/mol. The quantitative estimate of drug-likeness (QED) is 0.728. The minimum atomic E-state index is -0.128. The largest absolute Gasteiger partial charge is 0.493 e. The molecule has 1 aromatic rings. The smallest absolute Gasteiger partial charge is 0.233 e. The van der Waals surface area contributed by atoms with E-state index in [0.29, 0.717) is 13.2 Å². The average Bonchev–Trinajstić information content (AvgIpc) is 2.33. The van der Waals surface area contributed by atoms with E-state index in [0.717, 1.165) is 12.2 Å². The molecule has 0 bridgehead atoms. The van der Waals surface area contributed by atoms with Crippen LogP contribution in [0.25, 0.3) is 0 Å². The van der Waals surface area contributed by atoms with Crippen molar-refractivity contribution in [2.75, 3.05) is 19.7 Å². The van der Waals surface area contributed by atoms with E-state index in [-0.39, 0.29) is 12.5 Å². The lowest BCUT2D eigenvalue weighted by Gasteiger charge is -2.10. The van der Waals surface area contributed by atoms with Crippen molar-refractivity contribution in [2.24, 2.45) is 5.73 Å². The van der Waals surface area contributed by atoms with Gasteiger partial charge in [0, 0.05) is 6.54 Å². The number of ether oxygens (including phenoxy) is 1. The Bertz CT molecular complexity index is 378. The highest BCUT2D eigenvalue weighted by molar-refractivity contribution is 5.77. The first-order chi connectivity index (χ1) is 8.15. The van der Waals surface area contributed by atoms with Gasteiger partial charge in [0.2, 0.25) is 5.91 Å². The fourth-order valence-corrected chi connectivity index (χ4v) is 1.43. The van der Waals surface area contributed by atoms with Crippen LogP contribution in [0.2, 0.25) is 0 Å². The summed E-state index contributed by atoms with van der Waals surface area (Å²) in [7, 11) is 0. The van der Waals surface area contributed by atoms with Crippen molar-refractivity contribution in [3.63, 3.8) is 0 Å². The lowest BCUT2D eigenvalue weighted by atomic mass is 10.1. The summed E-state index contributed by atoms with van der Waals surface area (Å²) in [5, 5.41) is 2.70. The van der Waals surface area contributed by atoms with Crippen LogP contribution in [0, 0.1) is 13.8 Å². The van der Waals surface area contributed by atoms with Gasteiger partial charge in [0.1, 0.15) is 5.75 Å². The topological polar surface area (TPSA) is 64.3 Å². The van der Waals surface area contributed by atoms with Crippen molar-refractivity contribution in [3.05, 3.63) is 29.3 Å². The summed E-state index contributed by atoms with van der Waals surface area (Å²) in [5.74, 6) is 0.784. The van der Waals surface area contributed by atoms with Crippen molar-refractivity contribution in [2.45, 2.75) is 20.3 Å². The van der Waals surface area contributed by atoms with Crippen LogP contribution >= 0.6 is 0 Å². The molecule has 1 rings (SSSR count). The molecule has 1 aromatic carbocycles. The zero-order valence-electron chi connectivity index (χ0n) is 10.5. The Labute approximate surface area is 102 Å². The molecule has 0 aliphatic carbocycles. The number of nitrogens with one attached hydrogen (secondary N) is 1. The van der Waals surface area contributed by atoms with Gasteiger partial charge in [-0.25, -0.2) is 0 Å². The van der Waals surface area contributed by atoms with Crippen LogP contribution < -0.4 is 15.8 Å². The van der Waals surface area contributed by atoms with Crippen molar-refractivity contribution >= 4 is 5.91 Å². The van der Waals surface area contributed by atoms with Crippen LogP contribution in [0.15, 0.2) is 18.2 Å². The van der Waals surface area contributed by atoms with Gasteiger partial charge in [-0.1, -0.05) is 12.1 Å². The summed E-state index contributed by atoms with van der Waals surface area (Å²) in [6.07, 6.45) is 0.777. The monoisotopic (exact) mass is 236 g/mol. The summed E-state index contributed by atoms with van der Waals surface area (Å²) in [6.45, 7) is 5.33. The molecule has 4 nitrogen and oxygen atoms in total. The molecule has 0 aromatic heterocycles. The number of hydrogen-bond acceptors (Lipinski definition) is 3. The molecule has 0 aliphatic heterocycles. The fourth-order valence-electron chi connectivity index (χ4n) is 1.43. The molecule has 0 spiro atoms. The van der Waals surface area contributed by atoms with Gasteiger partial charge in [-0.3, -0.25) is 4.79 Å². The van der Waals surface area contributed by atoms with Crippen LogP contribution in [0.5, 0.6) is 5.75 Å². The predicted octanol–water partition coefficient (Wildman–Crippen LogP) is 1.15. The van der Waals surface area contributed by atoms with Crippen LogP contribution in [0.3, 0.4) is 0 Å². The third-order valence-corrected chi connectivity index (χ3v) is 2.64. The van der Waals surface area contributed by atoms with Crippen LogP contribution in [-0.2, 0) is 4.79 Å². The molecule has 3 N–H and O–H groups in total. The molecule has 0 atom stereocenters. The number of nitrogens with two attached hydrogens (primary N) is 1. The van der Waals surface area contributed by atoms with E-state index < -0.39 is 0 Å². The van der Waals surface area contributed by atoms with Crippen molar-refractivity contribution in [1.82, 2.24) is 5.32 Å². The molecule has 0 saturated carbocycles. The Balaban J connectivity index is 2.27. The van der Waals surface area contributed by atoms with Crippen molar-refractivity contribution in [1.29, 1.82) is 0 Å². The number of aryl methyl sites for hydroxylation is 1. The van der Waals surface area contributed by atoms with Gasteiger partial charge in [-0.15, -0.1) is 0 Å². The predicted molar refractivity (Wildman–Crippen MR) is 68.1 cm³/mol. The van der Waals surface area contributed by atoms with Gasteiger partial charge < -0.3 is 15.8 Å². The molecule has 1 amide bonds. The molecule has 0 saturated heterocycles. The van der Waals surface area contributed by atoms with Gasteiger partial charge in [0.05, 0.1) is 13.2 Å². The van der Waals surface area contributed by atoms with Gasteiger partial charge in [0.15, 0.2) is 0 Å². The summed E-state index contributed by atoms with van der Waals surface area (Å²) in [4.78, 5) is 10.9. The van der Waals surface area contributed by atoms with E-state index in [1.54, 1.807) is 0 Å². The number of rotatable bonds is 6.